The summed E-state index contributed by atoms with van der Waals surface area (Å²) in [5, 5.41) is 9.82. The minimum atomic E-state index is 0.913. The number of rotatable bonds is 3. The predicted octanol–water partition coefficient (Wildman–Crippen LogP) is 12.0. The zero-order chi connectivity index (χ0) is 28.3. The molecule has 1 aromatic heterocycles. The van der Waals surface area contributed by atoms with E-state index in [2.05, 4.69) is 152 Å². The molecule has 0 amide bonds. The third-order valence-electron chi connectivity index (χ3n) is 8.84. The first-order chi connectivity index (χ1) is 21.3. The molecule has 9 aromatic rings. The highest BCUT2D eigenvalue weighted by Gasteiger charge is 2.20. The van der Waals surface area contributed by atoms with Crippen molar-refractivity contribution in [2.45, 2.75) is 0 Å². The first-order valence-electron chi connectivity index (χ1n) is 14.8. The van der Waals surface area contributed by atoms with Gasteiger partial charge in [0.05, 0.1) is 0 Å². The second-order valence-electron chi connectivity index (χ2n) is 11.2. The van der Waals surface area contributed by atoms with Crippen molar-refractivity contribution >= 4 is 54.3 Å². The van der Waals surface area contributed by atoms with E-state index in [9.17, 15) is 0 Å². The van der Waals surface area contributed by atoms with Gasteiger partial charge in [0.2, 0.25) is 0 Å². The van der Waals surface area contributed by atoms with E-state index in [1.54, 1.807) is 0 Å². The van der Waals surface area contributed by atoms with Gasteiger partial charge in [0.15, 0.2) is 0 Å². The zero-order valence-corrected chi connectivity index (χ0v) is 23.4. The molecule has 0 atom stereocenters. The molecule has 1 heteroatoms. The van der Waals surface area contributed by atoms with Crippen molar-refractivity contribution in [2.24, 2.45) is 0 Å². The molecule has 0 aliphatic carbocycles. The Bertz CT molecular complexity index is 2440. The first-order valence-corrected chi connectivity index (χ1v) is 14.8. The van der Waals surface area contributed by atoms with Crippen LogP contribution < -0.4 is 0 Å². The van der Waals surface area contributed by atoms with Gasteiger partial charge in [0.25, 0.3) is 0 Å². The Kier molecular flexibility index (Phi) is 5.27. The number of para-hydroxylation sites is 1. The van der Waals surface area contributed by atoms with Crippen LogP contribution in [0.4, 0.5) is 0 Å². The van der Waals surface area contributed by atoms with Crippen molar-refractivity contribution in [3.8, 4) is 33.4 Å². The summed E-state index contributed by atoms with van der Waals surface area (Å²) in [4.78, 5) is 0. The topological polar surface area (TPSA) is 13.1 Å². The van der Waals surface area contributed by atoms with Crippen molar-refractivity contribution in [3.63, 3.8) is 0 Å². The molecule has 0 aliphatic rings. The molecule has 0 aliphatic heterocycles. The van der Waals surface area contributed by atoms with Crippen molar-refractivity contribution in [2.75, 3.05) is 0 Å². The maximum atomic E-state index is 6.29. The highest BCUT2D eigenvalue weighted by molar-refractivity contribution is 6.24. The maximum Gasteiger partial charge on any atom is 0.136 e. The van der Waals surface area contributed by atoms with E-state index < -0.39 is 0 Å². The predicted molar refractivity (Wildman–Crippen MR) is 183 cm³/mol. The van der Waals surface area contributed by atoms with E-state index in [1.807, 2.05) is 6.07 Å². The van der Waals surface area contributed by atoms with Gasteiger partial charge >= 0.3 is 0 Å². The third kappa shape index (κ3) is 3.65. The molecule has 0 radical (unpaired) electrons. The lowest BCUT2D eigenvalue weighted by Gasteiger charge is -2.19. The van der Waals surface area contributed by atoms with Crippen LogP contribution in [0.25, 0.3) is 87.6 Å². The van der Waals surface area contributed by atoms with E-state index in [0.29, 0.717) is 0 Å². The van der Waals surface area contributed by atoms with Gasteiger partial charge in [-0.15, -0.1) is 0 Å². The van der Waals surface area contributed by atoms with Crippen molar-refractivity contribution in [1.29, 1.82) is 0 Å². The highest BCUT2D eigenvalue weighted by Crippen LogP contribution is 2.47. The summed E-state index contributed by atoms with van der Waals surface area (Å²) in [5.41, 5.74) is 9.23. The van der Waals surface area contributed by atoms with Crippen LogP contribution in [-0.2, 0) is 0 Å². The SMILES string of the molecule is c1ccc(-c2c3ccccc3c(-c3cc(-c4cccc5oc6ccccc6c45)cc4ccccc34)c3ccccc23)cc1. The standard InChI is InChI=1S/C42H26O/c1-2-13-27(14-3-1)40-32-17-6-8-19-34(32)41(35-20-9-7-18-33(35)40)37-26-29(25-28-15-4-5-16-30(28)37)31-22-12-24-39-42(31)36-21-10-11-23-38(36)43-39/h1-26H. The molecule has 0 fully saturated rings. The van der Waals surface area contributed by atoms with Crippen molar-refractivity contribution < 1.29 is 4.42 Å². The van der Waals surface area contributed by atoms with Gasteiger partial charge in [-0.25, -0.2) is 0 Å². The molecule has 0 saturated carbocycles. The molecular formula is C42H26O. The van der Waals surface area contributed by atoms with Crippen LogP contribution >= 0.6 is 0 Å². The zero-order valence-electron chi connectivity index (χ0n) is 23.4. The molecule has 1 heterocycles. The maximum absolute atomic E-state index is 6.29. The quantitative estimate of drug-likeness (QED) is 0.201. The van der Waals surface area contributed by atoms with E-state index >= 15 is 0 Å². The lowest BCUT2D eigenvalue weighted by Crippen LogP contribution is -1.92. The number of furan rings is 1. The fourth-order valence-electron chi connectivity index (χ4n) is 7.02. The Hall–Kier alpha value is -5.66. The van der Waals surface area contributed by atoms with Gasteiger partial charge in [-0.05, 0) is 90.0 Å². The Morgan fingerprint density at radius 1 is 0.326 bits per heavy atom. The van der Waals surface area contributed by atoms with E-state index in [1.165, 1.54) is 65.7 Å². The Morgan fingerprint density at radius 2 is 0.884 bits per heavy atom. The van der Waals surface area contributed by atoms with E-state index in [-0.39, 0.29) is 0 Å². The van der Waals surface area contributed by atoms with E-state index in [0.717, 1.165) is 21.9 Å². The molecule has 0 N–H and O–H groups in total. The van der Waals surface area contributed by atoms with Gasteiger partial charge in [-0.2, -0.15) is 0 Å². The van der Waals surface area contributed by atoms with Gasteiger partial charge in [-0.1, -0.05) is 133 Å². The van der Waals surface area contributed by atoms with E-state index in [4.69, 9.17) is 4.42 Å². The normalized spacial score (nSPS) is 11.7. The molecule has 0 unspecified atom stereocenters. The molecule has 8 aromatic carbocycles. The minimum Gasteiger partial charge on any atom is -0.456 e. The van der Waals surface area contributed by atoms with Crippen LogP contribution in [0, 0.1) is 0 Å². The van der Waals surface area contributed by atoms with Crippen LogP contribution in [0.2, 0.25) is 0 Å². The summed E-state index contributed by atoms with van der Waals surface area (Å²) in [7, 11) is 0. The fourth-order valence-corrected chi connectivity index (χ4v) is 7.02. The summed E-state index contributed by atoms with van der Waals surface area (Å²) >= 11 is 0. The third-order valence-corrected chi connectivity index (χ3v) is 8.84. The molecule has 0 saturated heterocycles. The largest absolute Gasteiger partial charge is 0.456 e. The lowest BCUT2D eigenvalue weighted by molar-refractivity contribution is 0.669. The van der Waals surface area contributed by atoms with Crippen LogP contribution in [-0.4, -0.2) is 0 Å². The summed E-state index contributed by atoms with van der Waals surface area (Å²) in [5.74, 6) is 0. The summed E-state index contributed by atoms with van der Waals surface area (Å²) < 4.78 is 6.29. The molecular weight excluding hydrogens is 520 g/mol. The second kappa shape index (κ2) is 9.44. The molecule has 43 heavy (non-hydrogen) atoms. The minimum absolute atomic E-state index is 0.913. The molecule has 0 spiro atoms. The average molecular weight is 547 g/mol. The number of benzene rings is 8. The second-order valence-corrected chi connectivity index (χ2v) is 11.2. The van der Waals surface area contributed by atoms with Crippen LogP contribution in [0.15, 0.2) is 162 Å². The summed E-state index contributed by atoms with van der Waals surface area (Å²) in [6.07, 6.45) is 0. The Balaban J connectivity index is 1.43. The summed E-state index contributed by atoms with van der Waals surface area (Å²) in [6, 6.07) is 56.8. The van der Waals surface area contributed by atoms with Gasteiger partial charge in [-0.3, -0.25) is 0 Å². The van der Waals surface area contributed by atoms with Gasteiger partial charge < -0.3 is 4.42 Å². The Morgan fingerprint density at radius 3 is 1.60 bits per heavy atom. The Labute approximate surface area is 249 Å². The number of hydrogen-bond donors (Lipinski definition) is 0. The highest BCUT2D eigenvalue weighted by atomic mass is 16.3. The molecule has 0 bridgehead atoms. The molecule has 9 rings (SSSR count). The van der Waals surface area contributed by atoms with Crippen molar-refractivity contribution in [3.05, 3.63) is 158 Å². The average Bonchev–Trinajstić information content (AvgIpc) is 3.46. The van der Waals surface area contributed by atoms with Crippen LogP contribution in [0.3, 0.4) is 0 Å². The molecule has 1 nitrogen and oxygen atoms in total. The monoisotopic (exact) mass is 546 g/mol. The first kappa shape index (κ1) is 24.0. The van der Waals surface area contributed by atoms with Gasteiger partial charge in [0, 0.05) is 10.8 Å². The fraction of sp³-hybridized carbons (Fsp3) is 0. The number of hydrogen-bond acceptors (Lipinski definition) is 1. The lowest BCUT2D eigenvalue weighted by atomic mass is 9.83. The summed E-state index contributed by atoms with van der Waals surface area (Å²) in [6.45, 7) is 0. The smallest absolute Gasteiger partial charge is 0.136 e. The van der Waals surface area contributed by atoms with Crippen LogP contribution in [0.1, 0.15) is 0 Å². The van der Waals surface area contributed by atoms with Gasteiger partial charge in [0.1, 0.15) is 11.2 Å². The van der Waals surface area contributed by atoms with Crippen LogP contribution in [0.5, 0.6) is 0 Å². The molecule has 200 valence electrons. The number of fused-ring (bicyclic) bond motifs is 6. The van der Waals surface area contributed by atoms with Crippen molar-refractivity contribution in [1.82, 2.24) is 0 Å².